The number of hydrogen-bond acceptors (Lipinski definition) is 4. The van der Waals surface area contributed by atoms with Crippen molar-refractivity contribution in [3.05, 3.63) is 0 Å². The quantitative estimate of drug-likeness (QED) is 0.480. The summed E-state index contributed by atoms with van der Waals surface area (Å²) in [5, 5.41) is 0. The average molecular weight is 254 g/mol. The molecule has 2 aliphatic heterocycles. The van der Waals surface area contributed by atoms with Crippen molar-refractivity contribution in [2.24, 2.45) is 0 Å². The lowest BCUT2D eigenvalue weighted by atomic mass is 9.90. The number of rotatable bonds is 0. The van der Waals surface area contributed by atoms with Gasteiger partial charge in [0.2, 0.25) is 0 Å². The summed E-state index contributed by atoms with van der Waals surface area (Å²) in [6.07, 6.45) is 8.98. The van der Waals surface area contributed by atoms with Gasteiger partial charge in [0.1, 0.15) is 0 Å². The maximum absolute atomic E-state index is 8.49. The predicted octanol–water partition coefficient (Wildman–Crippen LogP) is -3.76. The summed E-state index contributed by atoms with van der Waals surface area (Å²) < 4.78 is 34.0. The van der Waals surface area contributed by atoms with Crippen LogP contribution < -0.4 is 23.5 Å². The minimum atomic E-state index is -4.94. The molecule has 2 saturated heterocycles. The molecular formula is C10H20ClNO4. The zero-order valence-corrected chi connectivity index (χ0v) is 10.4. The van der Waals surface area contributed by atoms with Crippen LogP contribution in [0.4, 0.5) is 0 Å². The number of halogens is 1. The monoisotopic (exact) mass is 253 g/mol. The highest BCUT2D eigenvalue weighted by Crippen LogP contribution is 2.15. The van der Waals surface area contributed by atoms with Crippen LogP contribution in [0.3, 0.4) is 0 Å². The molecule has 1 N–H and O–H groups in total. The molecule has 2 heterocycles. The third kappa shape index (κ3) is 5.43. The van der Waals surface area contributed by atoms with Gasteiger partial charge in [-0.05, 0) is 45.4 Å². The zero-order chi connectivity index (χ0) is 12.2. The van der Waals surface area contributed by atoms with E-state index in [0.717, 1.165) is 12.1 Å². The molecular weight excluding hydrogens is 234 g/mol. The van der Waals surface area contributed by atoms with Crippen LogP contribution in [-0.4, -0.2) is 18.6 Å². The SMILES string of the molecule is CC1CCCC2CCCC[NH+]12.[O-][Cl+3]([O-])([O-])[O-]. The fourth-order valence-corrected chi connectivity index (χ4v) is 2.94. The maximum atomic E-state index is 8.49. The predicted molar refractivity (Wildman–Crippen MR) is 46.8 cm³/mol. The van der Waals surface area contributed by atoms with E-state index in [2.05, 4.69) is 6.92 Å². The molecule has 0 aromatic carbocycles. The van der Waals surface area contributed by atoms with Gasteiger partial charge in [0.25, 0.3) is 0 Å². The Hall–Kier alpha value is 0.0900. The highest BCUT2D eigenvalue weighted by molar-refractivity contribution is 4.69. The van der Waals surface area contributed by atoms with E-state index in [1.54, 1.807) is 0 Å². The van der Waals surface area contributed by atoms with Crippen LogP contribution in [0.15, 0.2) is 0 Å². The van der Waals surface area contributed by atoms with Crippen molar-refractivity contribution in [2.45, 2.75) is 57.5 Å². The number of piperidine rings is 2. The standard InChI is InChI=1S/C10H19N.ClHO4/c1-9-5-4-7-10-6-2-3-8-11(9)10;2-1(3,4)5/h9-10H,2-8H2,1H3;(H,2,3,4,5). The van der Waals surface area contributed by atoms with E-state index in [9.17, 15) is 0 Å². The van der Waals surface area contributed by atoms with Gasteiger partial charge in [-0.2, -0.15) is 0 Å². The molecule has 0 radical (unpaired) electrons. The van der Waals surface area contributed by atoms with E-state index in [0.29, 0.717) is 0 Å². The first-order valence-electron chi connectivity index (χ1n) is 5.85. The summed E-state index contributed by atoms with van der Waals surface area (Å²) in [7, 11) is -4.94. The van der Waals surface area contributed by atoms with Crippen molar-refractivity contribution in [1.82, 2.24) is 0 Å². The van der Waals surface area contributed by atoms with Gasteiger partial charge in [-0.15, -0.1) is 10.2 Å². The smallest absolute Gasteiger partial charge is 0.0876 e. The molecule has 0 bridgehead atoms. The number of quaternary nitrogens is 1. The van der Waals surface area contributed by atoms with E-state index in [1.807, 2.05) is 4.90 Å². The summed E-state index contributed by atoms with van der Waals surface area (Å²) in [5.74, 6) is 0. The van der Waals surface area contributed by atoms with Crippen molar-refractivity contribution >= 4 is 0 Å². The average Bonchev–Trinajstić information content (AvgIpc) is 2.16. The first-order chi connectivity index (χ1) is 7.38. The molecule has 3 atom stereocenters. The van der Waals surface area contributed by atoms with E-state index in [-0.39, 0.29) is 0 Å². The Morgan fingerprint density at radius 3 is 2.06 bits per heavy atom. The van der Waals surface area contributed by atoms with Gasteiger partial charge in [0.15, 0.2) is 0 Å². The molecule has 0 aromatic rings. The van der Waals surface area contributed by atoms with Crippen molar-refractivity contribution in [2.75, 3.05) is 6.54 Å². The zero-order valence-electron chi connectivity index (χ0n) is 9.62. The molecule has 3 unspecified atom stereocenters. The molecule has 0 aliphatic carbocycles. The molecule has 6 heteroatoms. The minimum absolute atomic E-state index is 0.967. The Labute approximate surface area is 98.4 Å². The van der Waals surface area contributed by atoms with Crippen molar-refractivity contribution in [1.29, 1.82) is 0 Å². The lowest BCUT2D eigenvalue weighted by Gasteiger charge is -2.40. The molecule has 96 valence electrons. The van der Waals surface area contributed by atoms with Crippen molar-refractivity contribution in [3.8, 4) is 0 Å². The summed E-state index contributed by atoms with van der Waals surface area (Å²) in [6.45, 7) is 3.90. The largest absolute Gasteiger partial charge is 0.330 e. The summed E-state index contributed by atoms with van der Waals surface area (Å²) >= 11 is 0. The van der Waals surface area contributed by atoms with Gasteiger partial charge in [0.05, 0.1) is 18.6 Å². The van der Waals surface area contributed by atoms with E-state index < -0.39 is 10.2 Å². The Kier molecular flexibility index (Phi) is 5.43. The molecule has 0 saturated carbocycles. The molecule has 2 aliphatic rings. The molecule has 2 rings (SSSR count). The molecule has 0 aromatic heterocycles. The van der Waals surface area contributed by atoms with E-state index >= 15 is 0 Å². The van der Waals surface area contributed by atoms with Crippen molar-refractivity contribution < 1.29 is 33.8 Å². The van der Waals surface area contributed by atoms with E-state index in [4.69, 9.17) is 18.6 Å². The van der Waals surface area contributed by atoms with E-state index in [1.165, 1.54) is 45.1 Å². The second kappa shape index (κ2) is 6.14. The van der Waals surface area contributed by atoms with Gasteiger partial charge in [-0.1, -0.05) is 0 Å². The third-order valence-electron chi connectivity index (χ3n) is 3.62. The second-order valence-corrected chi connectivity index (χ2v) is 5.48. The van der Waals surface area contributed by atoms with Crippen LogP contribution in [0.25, 0.3) is 0 Å². The summed E-state index contributed by atoms with van der Waals surface area (Å²) in [5.41, 5.74) is 0. The minimum Gasteiger partial charge on any atom is -0.330 e. The molecule has 2 fully saturated rings. The van der Waals surface area contributed by atoms with Crippen molar-refractivity contribution in [3.63, 3.8) is 0 Å². The van der Waals surface area contributed by atoms with Gasteiger partial charge in [0, 0.05) is 0 Å². The number of hydrogen-bond donors (Lipinski definition) is 1. The van der Waals surface area contributed by atoms with Gasteiger partial charge < -0.3 is 4.90 Å². The first-order valence-corrected chi connectivity index (χ1v) is 7.08. The lowest BCUT2D eigenvalue weighted by molar-refractivity contribution is -2.00. The summed E-state index contributed by atoms with van der Waals surface area (Å²) in [4.78, 5) is 1.93. The first kappa shape index (κ1) is 14.2. The highest BCUT2D eigenvalue weighted by Gasteiger charge is 2.32. The molecule has 0 spiro atoms. The Morgan fingerprint density at radius 1 is 0.938 bits per heavy atom. The normalized spacial score (nSPS) is 34.7. The lowest BCUT2D eigenvalue weighted by Crippen LogP contribution is -3.20. The van der Waals surface area contributed by atoms with Crippen LogP contribution in [-0.2, 0) is 0 Å². The fraction of sp³-hybridized carbons (Fsp3) is 1.00. The highest BCUT2D eigenvalue weighted by atomic mass is 35.7. The summed E-state index contributed by atoms with van der Waals surface area (Å²) in [6, 6.07) is 2.02. The van der Waals surface area contributed by atoms with Gasteiger partial charge in [-0.25, -0.2) is 18.6 Å². The van der Waals surface area contributed by atoms with Gasteiger partial charge in [-0.3, -0.25) is 0 Å². The molecule has 0 amide bonds. The number of nitrogens with one attached hydrogen (secondary N) is 1. The van der Waals surface area contributed by atoms with Crippen LogP contribution in [0.1, 0.15) is 45.4 Å². The fourth-order valence-electron chi connectivity index (χ4n) is 2.94. The van der Waals surface area contributed by atoms with Gasteiger partial charge >= 0.3 is 0 Å². The van der Waals surface area contributed by atoms with Crippen LogP contribution in [0.5, 0.6) is 0 Å². The molecule has 5 nitrogen and oxygen atoms in total. The Bertz CT molecular complexity index is 201. The van der Waals surface area contributed by atoms with Crippen LogP contribution in [0.2, 0.25) is 0 Å². The topological polar surface area (TPSA) is 96.7 Å². The Morgan fingerprint density at radius 2 is 1.50 bits per heavy atom. The number of fused-ring (bicyclic) bond motifs is 1. The van der Waals surface area contributed by atoms with Crippen LogP contribution >= 0.6 is 0 Å². The molecule has 16 heavy (non-hydrogen) atoms. The second-order valence-electron chi connectivity index (χ2n) is 4.73. The maximum Gasteiger partial charge on any atom is 0.0876 e. The Balaban J connectivity index is 0.000000221. The third-order valence-corrected chi connectivity index (χ3v) is 3.62. The van der Waals surface area contributed by atoms with Crippen LogP contribution in [0, 0.1) is 10.2 Å².